The highest BCUT2D eigenvalue weighted by Crippen LogP contribution is 1.48. The average molecular weight is 137 g/mol. The first-order valence-corrected chi connectivity index (χ1v) is 2.32. The Labute approximate surface area is 52.7 Å². The van der Waals surface area contributed by atoms with E-state index in [0.29, 0.717) is 6.54 Å². The molecule has 0 bridgehead atoms. The standard InChI is InChI=1S/C2H7NO.C2H4O3/c3-1-2-4;3-1-2(4)5/h4H,1-3H2;3H,1H2,(H,4,5). The molecule has 0 aromatic rings. The second kappa shape index (κ2) is 10.4. The molecule has 0 unspecified atom stereocenters. The minimum absolute atomic E-state index is 0.0972. The van der Waals surface area contributed by atoms with Crippen molar-refractivity contribution in [3.63, 3.8) is 0 Å². The van der Waals surface area contributed by atoms with Gasteiger partial charge in [-0.3, -0.25) is 0 Å². The van der Waals surface area contributed by atoms with Gasteiger partial charge in [0.2, 0.25) is 0 Å². The van der Waals surface area contributed by atoms with E-state index in [1.165, 1.54) is 0 Å². The maximum absolute atomic E-state index is 9.12. The Bertz CT molecular complexity index is 63.6. The number of aliphatic hydroxyl groups is 2. The highest BCUT2D eigenvalue weighted by molar-refractivity contribution is 5.67. The van der Waals surface area contributed by atoms with Crippen LogP contribution in [0.25, 0.3) is 0 Å². The smallest absolute Gasteiger partial charge is 0.329 e. The summed E-state index contributed by atoms with van der Waals surface area (Å²) in [6.45, 7) is -0.306. The number of carboxylic acid groups (broad SMARTS) is 1. The molecule has 9 heavy (non-hydrogen) atoms. The highest BCUT2D eigenvalue weighted by Gasteiger charge is 1.82. The molecule has 0 aromatic carbocycles. The predicted molar refractivity (Wildman–Crippen MR) is 30.9 cm³/mol. The van der Waals surface area contributed by atoms with Gasteiger partial charge in [0.25, 0.3) is 0 Å². The molecule has 0 rings (SSSR count). The van der Waals surface area contributed by atoms with Crippen molar-refractivity contribution in [3.8, 4) is 0 Å². The van der Waals surface area contributed by atoms with E-state index >= 15 is 0 Å². The molecule has 0 aliphatic carbocycles. The number of hydrogen-bond donors (Lipinski definition) is 4. The van der Waals surface area contributed by atoms with Crippen molar-refractivity contribution in [2.45, 2.75) is 0 Å². The van der Waals surface area contributed by atoms with Crippen LogP contribution in [0.15, 0.2) is 0 Å². The van der Waals surface area contributed by atoms with Crippen molar-refractivity contribution >= 4 is 5.97 Å². The summed E-state index contributed by atoms with van der Waals surface area (Å²) in [6.07, 6.45) is 0. The van der Waals surface area contributed by atoms with E-state index in [1.54, 1.807) is 0 Å². The van der Waals surface area contributed by atoms with Gasteiger partial charge in [0, 0.05) is 6.54 Å². The minimum Gasteiger partial charge on any atom is -0.480 e. The van der Waals surface area contributed by atoms with E-state index in [2.05, 4.69) is 0 Å². The normalized spacial score (nSPS) is 7.44. The molecule has 0 fully saturated rings. The molecule has 0 aliphatic rings. The monoisotopic (exact) mass is 137 g/mol. The fourth-order valence-electron chi connectivity index (χ4n) is 0. The SMILES string of the molecule is NCCO.O=C(O)CO. The fraction of sp³-hybridized carbons (Fsp3) is 0.750. The van der Waals surface area contributed by atoms with Crippen LogP contribution in [0.2, 0.25) is 0 Å². The highest BCUT2D eigenvalue weighted by atomic mass is 16.4. The Morgan fingerprint density at radius 1 is 1.44 bits per heavy atom. The maximum Gasteiger partial charge on any atom is 0.329 e. The molecule has 5 N–H and O–H groups in total. The van der Waals surface area contributed by atoms with Crippen molar-refractivity contribution in [2.75, 3.05) is 19.8 Å². The van der Waals surface area contributed by atoms with Crippen LogP contribution in [0.4, 0.5) is 0 Å². The topological polar surface area (TPSA) is 104 Å². The summed E-state index contributed by atoms with van der Waals surface area (Å²) < 4.78 is 0. The van der Waals surface area contributed by atoms with Gasteiger partial charge in [-0.05, 0) is 0 Å². The molecule has 56 valence electrons. The largest absolute Gasteiger partial charge is 0.480 e. The summed E-state index contributed by atoms with van der Waals surface area (Å²) in [5.41, 5.74) is 4.78. The zero-order valence-corrected chi connectivity index (χ0v) is 4.95. The number of carbonyl (C=O) groups is 1. The number of hydrogen-bond acceptors (Lipinski definition) is 4. The summed E-state index contributed by atoms with van der Waals surface area (Å²) in [7, 11) is 0. The second-order valence-corrected chi connectivity index (χ2v) is 1.06. The lowest BCUT2D eigenvalue weighted by atomic mass is 10.8. The molecule has 0 heterocycles. The molecule has 0 atom stereocenters. The van der Waals surface area contributed by atoms with Crippen molar-refractivity contribution in [3.05, 3.63) is 0 Å². The second-order valence-electron chi connectivity index (χ2n) is 1.06. The molecule has 0 saturated heterocycles. The van der Waals surface area contributed by atoms with Gasteiger partial charge in [0.15, 0.2) is 0 Å². The molecular weight excluding hydrogens is 126 g/mol. The van der Waals surface area contributed by atoms with Gasteiger partial charge >= 0.3 is 5.97 Å². The summed E-state index contributed by atoms with van der Waals surface area (Å²) in [5, 5.41) is 22.8. The van der Waals surface area contributed by atoms with Crippen LogP contribution in [0, 0.1) is 0 Å². The van der Waals surface area contributed by atoms with Crippen LogP contribution in [0.1, 0.15) is 0 Å². The summed E-state index contributed by atoms with van der Waals surface area (Å²) in [5.74, 6) is -1.19. The quantitative estimate of drug-likeness (QED) is 0.352. The van der Waals surface area contributed by atoms with E-state index in [-0.39, 0.29) is 6.61 Å². The first-order valence-electron chi connectivity index (χ1n) is 2.32. The Kier molecular flexibility index (Phi) is 12.9. The molecule has 0 spiro atoms. The Morgan fingerprint density at radius 2 is 1.67 bits per heavy atom. The minimum atomic E-state index is -1.19. The molecule has 0 radical (unpaired) electrons. The number of nitrogens with two attached hydrogens (primary N) is 1. The van der Waals surface area contributed by atoms with Crippen LogP contribution < -0.4 is 5.73 Å². The third-order valence-corrected chi connectivity index (χ3v) is 0.264. The summed E-state index contributed by atoms with van der Waals surface area (Å²) in [4.78, 5) is 9.12. The lowest BCUT2D eigenvalue weighted by molar-refractivity contribution is -0.140. The van der Waals surface area contributed by atoms with Gasteiger partial charge in [0.05, 0.1) is 6.61 Å². The number of rotatable bonds is 2. The van der Waals surface area contributed by atoms with Crippen molar-refractivity contribution < 1.29 is 20.1 Å². The van der Waals surface area contributed by atoms with E-state index in [1.807, 2.05) is 0 Å². The fourth-order valence-corrected chi connectivity index (χ4v) is 0. The number of aliphatic carboxylic acids is 1. The van der Waals surface area contributed by atoms with Crippen LogP contribution in [0.5, 0.6) is 0 Å². The van der Waals surface area contributed by atoms with Gasteiger partial charge in [0.1, 0.15) is 6.61 Å². The molecule has 5 heteroatoms. The van der Waals surface area contributed by atoms with E-state index < -0.39 is 12.6 Å². The lowest BCUT2D eigenvalue weighted by Gasteiger charge is -1.72. The zero-order chi connectivity index (χ0) is 7.70. The zero-order valence-electron chi connectivity index (χ0n) is 4.95. The maximum atomic E-state index is 9.12. The van der Waals surface area contributed by atoms with Crippen LogP contribution in [0.3, 0.4) is 0 Å². The predicted octanol–water partition coefficient (Wildman–Crippen LogP) is -2.00. The molecule has 5 nitrogen and oxygen atoms in total. The van der Waals surface area contributed by atoms with Gasteiger partial charge in [-0.1, -0.05) is 0 Å². The van der Waals surface area contributed by atoms with Crippen molar-refractivity contribution in [2.24, 2.45) is 5.73 Å². The third kappa shape index (κ3) is 38.1. The number of carboxylic acids is 1. The molecule has 0 aliphatic heterocycles. The van der Waals surface area contributed by atoms with Gasteiger partial charge in [-0.15, -0.1) is 0 Å². The Balaban J connectivity index is 0. The number of aliphatic hydroxyl groups excluding tert-OH is 2. The van der Waals surface area contributed by atoms with Crippen LogP contribution in [-0.4, -0.2) is 41.0 Å². The first kappa shape index (κ1) is 11.2. The summed E-state index contributed by atoms with van der Waals surface area (Å²) >= 11 is 0. The Morgan fingerprint density at radius 3 is 1.67 bits per heavy atom. The van der Waals surface area contributed by atoms with E-state index in [0.717, 1.165) is 0 Å². The average Bonchev–Trinajstić information content (AvgIpc) is 1.89. The van der Waals surface area contributed by atoms with Gasteiger partial charge in [-0.25, -0.2) is 4.79 Å². The lowest BCUT2D eigenvalue weighted by Crippen LogP contribution is -2.02. The molecular formula is C4H11NO4. The van der Waals surface area contributed by atoms with Crippen molar-refractivity contribution in [1.82, 2.24) is 0 Å². The van der Waals surface area contributed by atoms with Crippen molar-refractivity contribution in [1.29, 1.82) is 0 Å². The molecule has 0 amide bonds. The first-order chi connectivity index (χ1) is 4.18. The summed E-state index contributed by atoms with van der Waals surface area (Å²) in [6, 6.07) is 0. The van der Waals surface area contributed by atoms with E-state index in [4.69, 9.17) is 25.8 Å². The van der Waals surface area contributed by atoms with Gasteiger partial charge in [-0.2, -0.15) is 0 Å². The Hall–Kier alpha value is -0.650. The third-order valence-electron chi connectivity index (χ3n) is 0.264. The molecule has 0 aromatic heterocycles. The molecule has 0 saturated carbocycles. The van der Waals surface area contributed by atoms with Gasteiger partial charge < -0.3 is 21.1 Å². The van der Waals surface area contributed by atoms with Crippen LogP contribution in [-0.2, 0) is 4.79 Å². The van der Waals surface area contributed by atoms with Crippen LogP contribution >= 0.6 is 0 Å². The van der Waals surface area contributed by atoms with E-state index in [9.17, 15) is 0 Å².